The summed E-state index contributed by atoms with van der Waals surface area (Å²) >= 11 is 0. The number of carbonyl (C=O) groups is 1. The molecule has 1 N–H and O–H groups in total. The van der Waals surface area contributed by atoms with E-state index >= 15 is 0 Å². The van der Waals surface area contributed by atoms with Crippen LogP contribution in [0.1, 0.15) is 19.4 Å². The van der Waals surface area contributed by atoms with Crippen LogP contribution in [0.5, 0.6) is 5.75 Å². The Hall–Kier alpha value is -2.54. The number of rotatable bonds is 7. The minimum Gasteiger partial charge on any atom is -0.491 e. The van der Waals surface area contributed by atoms with E-state index in [1.807, 2.05) is 19.9 Å². The fourth-order valence-electron chi connectivity index (χ4n) is 2.44. The first kappa shape index (κ1) is 19.8. The van der Waals surface area contributed by atoms with Gasteiger partial charge in [-0.3, -0.25) is 9.10 Å². The van der Waals surface area contributed by atoms with Gasteiger partial charge in [-0.1, -0.05) is 18.2 Å². The Morgan fingerprint density at radius 3 is 2.27 bits per heavy atom. The smallest absolute Gasteiger partial charge is 0.245 e. The standard InChI is InChI=1S/C19H24N2O4S/c1-14(2)25-17-11-9-16(10-12-17)20-19(22)13-21(26(4,23)24)18-8-6-5-7-15(18)3/h5-12,14H,13H2,1-4H3,(H,20,22). The summed E-state index contributed by atoms with van der Waals surface area (Å²) in [6, 6.07) is 14.0. The number of aryl methyl sites for hydroxylation is 1. The third-order valence-corrected chi connectivity index (χ3v) is 4.71. The van der Waals surface area contributed by atoms with Crippen molar-refractivity contribution in [1.82, 2.24) is 0 Å². The van der Waals surface area contributed by atoms with E-state index < -0.39 is 15.9 Å². The lowest BCUT2D eigenvalue weighted by molar-refractivity contribution is -0.114. The molecule has 0 radical (unpaired) electrons. The number of hydrogen-bond acceptors (Lipinski definition) is 4. The Morgan fingerprint density at radius 2 is 1.73 bits per heavy atom. The van der Waals surface area contributed by atoms with Gasteiger partial charge in [0.05, 0.1) is 18.0 Å². The average Bonchev–Trinajstić information content (AvgIpc) is 2.54. The van der Waals surface area contributed by atoms with E-state index in [9.17, 15) is 13.2 Å². The summed E-state index contributed by atoms with van der Waals surface area (Å²) < 4.78 is 31.0. The highest BCUT2D eigenvalue weighted by Crippen LogP contribution is 2.22. The number of ether oxygens (including phenoxy) is 1. The quantitative estimate of drug-likeness (QED) is 0.805. The Kier molecular flexibility index (Phi) is 6.26. The molecule has 0 saturated carbocycles. The molecule has 0 saturated heterocycles. The summed E-state index contributed by atoms with van der Waals surface area (Å²) in [5.74, 6) is 0.284. The monoisotopic (exact) mass is 376 g/mol. The van der Waals surface area contributed by atoms with E-state index in [4.69, 9.17) is 4.74 Å². The van der Waals surface area contributed by atoms with Crippen LogP contribution in [-0.4, -0.2) is 33.2 Å². The summed E-state index contributed by atoms with van der Waals surface area (Å²) in [6.45, 7) is 5.37. The number of sulfonamides is 1. The van der Waals surface area contributed by atoms with E-state index in [0.29, 0.717) is 17.1 Å². The molecular weight excluding hydrogens is 352 g/mol. The maximum atomic E-state index is 12.4. The minimum atomic E-state index is -3.60. The zero-order valence-corrected chi connectivity index (χ0v) is 16.2. The van der Waals surface area contributed by atoms with E-state index in [1.165, 1.54) is 0 Å². The van der Waals surface area contributed by atoms with Gasteiger partial charge in [-0.15, -0.1) is 0 Å². The zero-order chi connectivity index (χ0) is 19.3. The molecule has 0 fully saturated rings. The van der Waals surface area contributed by atoms with Gasteiger partial charge in [-0.25, -0.2) is 8.42 Å². The number of hydrogen-bond donors (Lipinski definition) is 1. The maximum Gasteiger partial charge on any atom is 0.245 e. The van der Waals surface area contributed by atoms with E-state index in [-0.39, 0.29) is 12.6 Å². The van der Waals surface area contributed by atoms with Crippen LogP contribution in [0.2, 0.25) is 0 Å². The second kappa shape index (κ2) is 8.23. The first-order valence-electron chi connectivity index (χ1n) is 8.26. The molecule has 0 aromatic heterocycles. The van der Waals surface area contributed by atoms with Gasteiger partial charge in [0.1, 0.15) is 12.3 Å². The predicted molar refractivity (Wildman–Crippen MR) is 104 cm³/mol. The van der Waals surface area contributed by atoms with Crippen molar-refractivity contribution >= 4 is 27.3 Å². The van der Waals surface area contributed by atoms with E-state index in [2.05, 4.69) is 5.32 Å². The number of carbonyl (C=O) groups excluding carboxylic acids is 1. The van der Waals surface area contributed by atoms with Crippen molar-refractivity contribution in [2.75, 3.05) is 22.4 Å². The van der Waals surface area contributed by atoms with Crippen LogP contribution in [0.15, 0.2) is 48.5 Å². The minimum absolute atomic E-state index is 0.0628. The zero-order valence-electron chi connectivity index (χ0n) is 15.4. The van der Waals surface area contributed by atoms with Crippen LogP contribution >= 0.6 is 0 Å². The molecule has 1 amide bonds. The molecule has 0 heterocycles. The van der Waals surface area contributed by atoms with Gasteiger partial charge >= 0.3 is 0 Å². The molecule has 0 bridgehead atoms. The SMILES string of the molecule is Cc1ccccc1N(CC(=O)Nc1ccc(OC(C)C)cc1)S(C)(=O)=O. The highest BCUT2D eigenvalue weighted by molar-refractivity contribution is 7.92. The van der Waals surface area contributed by atoms with Gasteiger partial charge in [0, 0.05) is 5.69 Å². The average molecular weight is 376 g/mol. The second-order valence-corrected chi connectivity index (χ2v) is 8.20. The van der Waals surface area contributed by atoms with Crippen molar-refractivity contribution in [3.63, 3.8) is 0 Å². The van der Waals surface area contributed by atoms with Crippen molar-refractivity contribution < 1.29 is 17.9 Å². The third-order valence-electron chi connectivity index (χ3n) is 3.58. The van der Waals surface area contributed by atoms with Crippen molar-refractivity contribution in [2.24, 2.45) is 0 Å². The lowest BCUT2D eigenvalue weighted by Crippen LogP contribution is -2.37. The normalized spacial score (nSPS) is 11.3. The fourth-order valence-corrected chi connectivity index (χ4v) is 3.36. The van der Waals surface area contributed by atoms with Gasteiger partial charge in [0.2, 0.25) is 15.9 Å². The molecule has 0 aliphatic rings. The predicted octanol–water partition coefficient (Wildman–Crippen LogP) is 3.19. The molecule has 2 rings (SSSR count). The van der Waals surface area contributed by atoms with Crippen molar-refractivity contribution in [1.29, 1.82) is 0 Å². The first-order chi connectivity index (χ1) is 12.2. The molecule has 2 aromatic carbocycles. The fraction of sp³-hybridized carbons (Fsp3) is 0.316. The molecule has 0 spiro atoms. The summed E-state index contributed by atoms with van der Waals surface area (Å²) in [5.41, 5.74) is 1.84. The topological polar surface area (TPSA) is 75.7 Å². The van der Waals surface area contributed by atoms with Gasteiger partial charge in [-0.05, 0) is 56.7 Å². The van der Waals surface area contributed by atoms with E-state index in [0.717, 1.165) is 16.1 Å². The molecule has 140 valence electrons. The summed E-state index contributed by atoms with van der Waals surface area (Å²) in [6.07, 6.45) is 1.15. The van der Waals surface area contributed by atoms with Crippen LogP contribution in [0, 0.1) is 6.92 Å². The number of para-hydroxylation sites is 1. The summed E-state index contributed by atoms with van der Waals surface area (Å²) in [7, 11) is -3.60. The molecule has 2 aromatic rings. The Balaban J connectivity index is 2.12. The highest BCUT2D eigenvalue weighted by atomic mass is 32.2. The first-order valence-corrected chi connectivity index (χ1v) is 10.1. The Labute approximate surface area is 154 Å². The number of anilines is 2. The Morgan fingerprint density at radius 1 is 1.12 bits per heavy atom. The van der Waals surface area contributed by atoms with Gasteiger partial charge < -0.3 is 10.1 Å². The lowest BCUT2D eigenvalue weighted by atomic mass is 10.2. The third kappa shape index (κ3) is 5.49. The molecule has 0 aliphatic heterocycles. The largest absolute Gasteiger partial charge is 0.491 e. The maximum absolute atomic E-state index is 12.4. The summed E-state index contributed by atoms with van der Waals surface area (Å²) in [4.78, 5) is 12.4. The lowest BCUT2D eigenvalue weighted by Gasteiger charge is -2.23. The van der Waals surface area contributed by atoms with Crippen LogP contribution in [0.25, 0.3) is 0 Å². The Bertz CT molecular complexity index is 861. The van der Waals surface area contributed by atoms with Crippen LogP contribution < -0.4 is 14.4 Å². The molecule has 0 unspecified atom stereocenters. The molecule has 26 heavy (non-hydrogen) atoms. The second-order valence-electron chi connectivity index (χ2n) is 6.30. The molecule has 6 nitrogen and oxygen atoms in total. The number of nitrogens with zero attached hydrogens (tertiary/aromatic N) is 1. The number of benzene rings is 2. The van der Waals surface area contributed by atoms with Crippen LogP contribution in [0.3, 0.4) is 0 Å². The van der Waals surface area contributed by atoms with Gasteiger partial charge in [-0.2, -0.15) is 0 Å². The molecule has 0 atom stereocenters. The molecule has 0 aliphatic carbocycles. The van der Waals surface area contributed by atoms with Gasteiger partial charge in [0.15, 0.2) is 0 Å². The number of nitrogens with one attached hydrogen (secondary N) is 1. The number of amides is 1. The van der Waals surface area contributed by atoms with Crippen LogP contribution in [-0.2, 0) is 14.8 Å². The highest BCUT2D eigenvalue weighted by Gasteiger charge is 2.22. The van der Waals surface area contributed by atoms with E-state index in [1.54, 1.807) is 49.4 Å². The van der Waals surface area contributed by atoms with Crippen LogP contribution in [0.4, 0.5) is 11.4 Å². The molecule has 7 heteroatoms. The van der Waals surface area contributed by atoms with Crippen molar-refractivity contribution in [3.8, 4) is 5.75 Å². The van der Waals surface area contributed by atoms with Crippen molar-refractivity contribution in [2.45, 2.75) is 26.9 Å². The van der Waals surface area contributed by atoms with Crippen molar-refractivity contribution in [3.05, 3.63) is 54.1 Å². The summed E-state index contributed by atoms with van der Waals surface area (Å²) in [5, 5.41) is 2.71. The molecular formula is C19H24N2O4S. The van der Waals surface area contributed by atoms with Gasteiger partial charge in [0.25, 0.3) is 0 Å².